The Morgan fingerprint density at radius 3 is 1.21 bits per heavy atom. The molecule has 6 aromatic carbocycles. The predicted molar refractivity (Wildman–Crippen MR) is 182 cm³/mol. The first-order valence-electron chi connectivity index (χ1n) is 14.9. The van der Waals surface area contributed by atoms with Crippen LogP contribution in [0, 0.1) is 0 Å². The highest BCUT2D eigenvalue weighted by Crippen LogP contribution is 2.34. The highest BCUT2D eigenvalue weighted by Gasteiger charge is 2.23. The molecule has 6 aromatic rings. The second-order valence-electron chi connectivity index (χ2n) is 11.6. The molecule has 0 saturated heterocycles. The fourth-order valence-electron chi connectivity index (χ4n) is 5.33. The van der Waals surface area contributed by atoms with E-state index in [2.05, 4.69) is 13.8 Å². The minimum atomic E-state index is -3.79. The van der Waals surface area contributed by atoms with E-state index in [1.807, 2.05) is 36.4 Å². The number of rotatable bonds is 9. The van der Waals surface area contributed by atoms with E-state index in [9.17, 15) is 21.9 Å². The number of hydrogen-bond acceptors (Lipinski definition) is 6. The fraction of sp³-hybridized carbons (Fsp3) is 0.0769. The van der Waals surface area contributed by atoms with Crippen LogP contribution < -0.4 is 4.74 Å². The maximum Gasteiger partial charge on any atom is 0.206 e. The lowest BCUT2D eigenvalue weighted by Crippen LogP contribution is -2.18. The summed E-state index contributed by atoms with van der Waals surface area (Å²) in [6, 6.07) is 42.5. The molecule has 8 heteroatoms. The largest absolute Gasteiger partial charge is 0.508 e. The van der Waals surface area contributed by atoms with Crippen LogP contribution in [0.1, 0.15) is 25.0 Å². The van der Waals surface area contributed by atoms with Gasteiger partial charge in [-0.05, 0) is 107 Å². The van der Waals surface area contributed by atoms with Crippen molar-refractivity contribution in [1.82, 2.24) is 0 Å². The topological polar surface area (TPSA) is 97.7 Å². The molecule has 1 N–H and O–H groups in total. The molecule has 0 fully saturated rings. The first kappa shape index (κ1) is 31.8. The highest BCUT2D eigenvalue weighted by atomic mass is 32.2. The second-order valence-corrected chi connectivity index (χ2v) is 15.5. The Balaban J connectivity index is 1.13. The normalized spacial score (nSPS) is 12.0. The molecule has 0 spiro atoms. The quantitative estimate of drug-likeness (QED) is 0.166. The van der Waals surface area contributed by atoms with Crippen LogP contribution >= 0.6 is 0 Å². The smallest absolute Gasteiger partial charge is 0.206 e. The van der Waals surface area contributed by atoms with Gasteiger partial charge in [-0.3, -0.25) is 0 Å². The number of sulfone groups is 2. The average Bonchev–Trinajstić information content (AvgIpc) is 3.09. The van der Waals surface area contributed by atoms with Gasteiger partial charge in [0.2, 0.25) is 19.7 Å². The maximum absolute atomic E-state index is 13.4. The summed E-state index contributed by atoms with van der Waals surface area (Å²) in [5.74, 6) is 1.35. The minimum absolute atomic E-state index is 0.138. The summed E-state index contributed by atoms with van der Waals surface area (Å²) in [7, 11) is -7.41. The summed E-state index contributed by atoms with van der Waals surface area (Å²) < 4.78 is 58.6. The van der Waals surface area contributed by atoms with E-state index < -0.39 is 19.7 Å². The van der Waals surface area contributed by atoms with E-state index in [1.165, 1.54) is 12.1 Å². The summed E-state index contributed by atoms with van der Waals surface area (Å²) in [4.78, 5) is 0.692. The lowest BCUT2D eigenvalue weighted by atomic mass is 9.78. The molecule has 0 aromatic heterocycles. The first-order valence-corrected chi connectivity index (χ1v) is 17.8. The number of benzene rings is 6. The van der Waals surface area contributed by atoms with Gasteiger partial charge in [-0.2, -0.15) is 0 Å². The van der Waals surface area contributed by atoms with Crippen LogP contribution in [0.4, 0.5) is 0 Å². The summed E-state index contributed by atoms with van der Waals surface area (Å²) in [5, 5.41) is 9.63. The Kier molecular flexibility index (Phi) is 8.49. The predicted octanol–water partition coefficient (Wildman–Crippen LogP) is 8.84. The molecule has 236 valence electrons. The molecule has 6 nitrogen and oxygen atoms in total. The van der Waals surface area contributed by atoms with Crippen LogP contribution in [-0.4, -0.2) is 21.9 Å². The third kappa shape index (κ3) is 6.56. The van der Waals surface area contributed by atoms with Crippen LogP contribution in [0.5, 0.6) is 17.2 Å². The molecule has 6 rings (SSSR count). The van der Waals surface area contributed by atoms with Gasteiger partial charge in [0, 0.05) is 5.41 Å². The van der Waals surface area contributed by atoms with Gasteiger partial charge >= 0.3 is 0 Å². The standard InChI is InChI=1S/C39H32O6S2/c1-39(2,30-12-16-32(40)17-13-30)31-14-18-33(19-15-31)45-34-20-26-38(27-21-34)47(43,44)37-24-10-29(11-25-37)28-8-22-36(23-9-28)46(41,42)35-6-4-3-5-7-35/h3-27,40H,1-2H3. The van der Waals surface area contributed by atoms with Crippen molar-refractivity contribution in [2.45, 2.75) is 38.8 Å². The van der Waals surface area contributed by atoms with Crippen molar-refractivity contribution in [2.75, 3.05) is 0 Å². The molecule has 0 aliphatic carbocycles. The fourth-order valence-corrected chi connectivity index (χ4v) is 7.88. The molecule has 0 radical (unpaired) electrons. The molecule has 0 bridgehead atoms. The van der Waals surface area contributed by atoms with Crippen LogP contribution in [0.15, 0.2) is 171 Å². The molecule has 0 amide bonds. The summed E-state index contributed by atoms with van der Waals surface area (Å²) in [6.07, 6.45) is 0. The Morgan fingerprint density at radius 2 is 0.787 bits per heavy atom. The SMILES string of the molecule is CC(C)(c1ccc(O)cc1)c1ccc(Oc2ccc(S(=O)(=O)c3ccc(-c4ccc(S(=O)(=O)c5ccccc5)cc4)cc3)cc2)cc1. The summed E-state index contributed by atoms with van der Waals surface area (Å²) in [6.45, 7) is 4.22. The monoisotopic (exact) mass is 660 g/mol. The molecular formula is C39H32O6S2. The van der Waals surface area contributed by atoms with Gasteiger partial charge in [-0.15, -0.1) is 0 Å². The first-order chi connectivity index (χ1) is 22.4. The molecule has 0 aliphatic rings. The van der Waals surface area contributed by atoms with Crippen LogP contribution in [0.2, 0.25) is 0 Å². The van der Waals surface area contributed by atoms with Gasteiger partial charge in [0.05, 0.1) is 19.6 Å². The van der Waals surface area contributed by atoms with Gasteiger partial charge in [0.25, 0.3) is 0 Å². The van der Waals surface area contributed by atoms with Gasteiger partial charge in [0.15, 0.2) is 0 Å². The van der Waals surface area contributed by atoms with Crippen molar-refractivity contribution < 1.29 is 26.7 Å². The molecule has 0 atom stereocenters. The van der Waals surface area contributed by atoms with Crippen LogP contribution in [-0.2, 0) is 25.1 Å². The van der Waals surface area contributed by atoms with Crippen molar-refractivity contribution in [1.29, 1.82) is 0 Å². The molecule has 0 saturated carbocycles. The van der Waals surface area contributed by atoms with E-state index in [1.54, 1.807) is 103 Å². The molecule has 47 heavy (non-hydrogen) atoms. The maximum atomic E-state index is 13.4. The summed E-state index contributed by atoms with van der Waals surface area (Å²) in [5.41, 5.74) is 3.39. The lowest BCUT2D eigenvalue weighted by Gasteiger charge is -2.26. The zero-order valence-electron chi connectivity index (χ0n) is 25.7. The molecule has 0 aliphatic heterocycles. The third-order valence-electron chi connectivity index (χ3n) is 8.25. The summed E-state index contributed by atoms with van der Waals surface area (Å²) >= 11 is 0. The van der Waals surface area contributed by atoms with Gasteiger partial charge < -0.3 is 9.84 Å². The molecular weight excluding hydrogens is 629 g/mol. The van der Waals surface area contributed by atoms with Gasteiger partial charge in [-0.1, -0.05) is 80.6 Å². The van der Waals surface area contributed by atoms with Crippen molar-refractivity contribution in [2.24, 2.45) is 0 Å². The van der Waals surface area contributed by atoms with Gasteiger partial charge in [-0.25, -0.2) is 16.8 Å². The Labute approximate surface area is 275 Å². The number of hydrogen-bond donors (Lipinski definition) is 1. The number of aromatic hydroxyl groups is 1. The van der Waals surface area contributed by atoms with E-state index in [-0.39, 0.29) is 30.7 Å². The zero-order valence-corrected chi connectivity index (χ0v) is 27.4. The molecule has 0 unspecified atom stereocenters. The van der Waals surface area contributed by atoms with E-state index in [0.717, 1.165) is 22.3 Å². The second kappa shape index (κ2) is 12.5. The number of ether oxygens (including phenoxy) is 1. The van der Waals surface area contributed by atoms with Crippen molar-refractivity contribution in [3.05, 3.63) is 163 Å². The lowest BCUT2D eigenvalue weighted by molar-refractivity contribution is 0.474. The third-order valence-corrected chi connectivity index (χ3v) is 11.8. The minimum Gasteiger partial charge on any atom is -0.508 e. The number of phenolic OH excluding ortho intramolecular Hbond substituents is 1. The van der Waals surface area contributed by atoms with Gasteiger partial charge in [0.1, 0.15) is 17.2 Å². The Hall–Kier alpha value is -5.18. The van der Waals surface area contributed by atoms with Crippen molar-refractivity contribution in [3.8, 4) is 28.4 Å². The average molecular weight is 661 g/mol. The van der Waals surface area contributed by atoms with Crippen molar-refractivity contribution >= 4 is 19.7 Å². The van der Waals surface area contributed by atoms with Crippen LogP contribution in [0.3, 0.4) is 0 Å². The van der Waals surface area contributed by atoms with Crippen LogP contribution in [0.25, 0.3) is 11.1 Å². The zero-order chi connectivity index (χ0) is 33.2. The van der Waals surface area contributed by atoms with Crippen molar-refractivity contribution in [3.63, 3.8) is 0 Å². The van der Waals surface area contributed by atoms with E-state index in [4.69, 9.17) is 4.74 Å². The highest BCUT2D eigenvalue weighted by molar-refractivity contribution is 7.91. The molecule has 0 heterocycles. The van der Waals surface area contributed by atoms with E-state index >= 15 is 0 Å². The Bertz CT molecular complexity index is 2210. The Morgan fingerprint density at radius 1 is 0.447 bits per heavy atom. The number of phenols is 1. The van der Waals surface area contributed by atoms with E-state index in [0.29, 0.717) is 11.5 Å².